The number of hydrogen-bond acceptors (Lipinski definition) is 3. The van der Waals surface area contributed by atoms with Crippen LogP contribution in [0.25, 0.3) is 0 Å². The lowest BCUT2D eigenvalue weighted by Crippen LogP contribution is -2.26. The van der Waals surface area contributed by atoms with Crippen LogP contribution in [0, 0.1) is 13.8 Å². The van der Waals surface area contributed by atoms with Gasteiger partial charge in [0.15, 0.2) is 0 Å². The smallest absolute Gasteiger partial charge is 0.253 e. The van der Waals surface area contributed by atoms with E-state index < -0.39 is 0 Å². The summed E-state index contributed by atoms with van der Waals surface area (Å²) in [5, 5.41) is 4.98. The van der Waals surface area contributed by atoms with Crippen LogP contribution in [-0.4, -0.2) is 27.6 Å². The molecule has 6 heteroatoms. The summed E-state index contributed by atoms with van der Waals surface area (Å²) in [4.78, 5) is 14.5. The number of carbonyl (C=O) groups is 1. The molecular formula is C23H26ClN3O2. The van der Waals surface area contributed by atoms with Gasteiger partial charge in [0.25, 0.3) is 5.91 Å². The first kappa shape index (κ1) is 20.9. The Morgan fingerprint density at radius 3 is 2.72 bits per heavy atom. The van der Waals surface area contributed by atoms with Gasteiger partial charge >= 0.3 is 0 Å². The molecule has 0 fully saturated rings. The molecular weight excluding hydrogens is 386 g/mol. The van der Waals surface area contributed by atoms with Gasteiger partial charge in [0.1, 0.15) is 18.1 Å². The van der Waals surface area contributed by atoms with E-state index in [0.717, 1.165) is 29.0 Å². The molecule has 0 aliphatic heterocycles. The van der Waals surface area contributed by atoms with Gasteiger partial charge in [-0.05, 0) is 55.7 Å². The van der Waals surface area contributed by atoms with Crippen LogP contribution in [0.4, 0.5) is 0 Å². The first-order chi connectivity index (χ1) is 13.9. The number of ether oxygens (including phenoxy) is 1. The van der Waals surface area contributed by atoms with Gasteiger partial charge in [-0.3, -0.25) is 9.48 Å². The Labute approximate surface area is 176 Å². The number of halogens is 1. The van der Waals surface area contributed by atoms with E-state index in [-0.39, 0.29) is 5.91 Å². The third-order valence-electron chi connectivity index (χ3n) is 4.76. The van der Waals surface area contributed by atoms with E-state index in [4.69, 9.17) is 16.3 Å². The zero-order valence-electron chi connectivity index (χ0n) is 17.3. The summed E-state index contributed by atoms with van der Waals surface area (Å²) in [6.45, 7) is 7.55. The molecule has 0 aliphatic carbocycles. The normalized spacial score (nSPS) is 10.8. The maximum atomic E-state index is 12.9. The van der Waals surface area contributed by atoms with Gasteiger partial charge in [0, 0.05) is 25.4 Å². The molecule has 0 radical (unpaired) electrons. The highest BCUT2D eigenvalue weighted by Gasteiger charge is 2.16. The van der Waals surface area contributed by atoms with Gasteiger partial charge in [0.05, 0.1) is 11.6 Å². The maximum absolute atomic E-state index is 12.9. The second-order valence-corrected chi connectivity index (χ2v) is 7.61. The molecule has 5 nitrogen and oxygen atoms in total. The number of rotatable bonds is 7. The van der Waals surface area contributed by atoms with Gasteiger partial charge < -0.3 is 9.64 Å². The average molecular weight is 412 g/mol. The Kier molecular flexibility index (Phi) is 6.60. The predicted octanol–water partition coefficient (Wildman–Crippen LogP) is 5.02. The van der Waals surface area contributed by atoms with Gasteiger partial charge in [-0.1, -0.05) is 35.9 Å². The lowest BCUT2D eigenvalue weighted by molar-refractivity contribution is 0.0783. The van der Waals surface area contributed by atoms with Crippen molar-refractivity contribution in [3.63, 3.8) is 0 Å². The van der Waals surface area contributed by atoms with E-state index in [2.05, 4.69) is 11.2 Å². The van der Waals surface area contributed by atoms with Gasteiger partial charge in [0.2, 0.25) is 0 Å². The third kappa shape index (κ3) is 5.18. The summed E-state index contributed by atoms with van der Waals surface area (Å²) in [7, 11) is 1.75. The van der Waals surface area contributed by atoms with E-state index in [0.29, 0.717) is 29.4 Å². The monoisotopic (exact) mass is 411 g/mol. The summed E-state index contributed by atoms with van der Waals surface area (Å²) in [6.07, 6.45) is 1.78. The van der Waals surface area contributed by atoms with Crippen molar-refractivity contribution in [3.05, 3.63) is 81.6 Å². The molecule has 0 aliphatic rings. The number of aromatic nitrogens is 2. The number of hydrogen-bond donors (Lipinski definition) is 0. The Hall–Kier alpha value is -2.79. The largest absolute Gasteiger partial charge is 0.489 e. The van der Waals surface area contributed by atoms with Crippen LogP contribution in [0.1, 0.15) is 39.7 Å². The maximum Gasteiger partial charge on any atom is 0.253 e. The Bertz CT molecular complexity index is 1010. The molecule has 29 heavy (non-hydrogen) atoms. The molecule has 0 saturated carbocycles. The highest BCUT2D eigenvalue weighted by atomic mass is 35.5. The predicted molar refractivity (Wildman–Crippen MR) is 115 cm³/mol. The lowest BCUT2D eigenvalue weighted by atomic mass is 10.1. The summed E-state index contributed by atoms with van der Waals surface area (Å²) in [6, 6.07) is 13.7. The van der Waals surface area contributed by atoms with Crippen LogP contribution in [0.15, 0.2) is 48.7 Å². The SMILES string of the molecule is CCn1cc(Cl)c(CN(C)C(=O)c2cccc(COc3cc(C)ccc3C)c2)n1. The molecule has 2 aromatic carbocycles. The molecule has 0 saturated heterocycles. The fourth-order valence-corrected chi connectivity index (χ4v) is 3.25. The Morgan fingerprint density at radius 2 is 2.00 bits per heavy atom. The molecule has 1 heterocycles. The van der Waals surface area contributed by atoms with Crippen molar-refractivity contribution in [2.45, 2.75) is 40.5 Å². The topological polar surface area (TPSA) is 47.4 Å². The second-order valence-electron chi connectivity index (χ2n) is 7.20. The highest BCUT2D eigenvalue weighted by molar-refractivity contribution is 6.31. The van der Waals surface area contributed by atoms with Crippen LogP contribution in [0.5, 0.6) is 5.75 Å². The fourth-order valence-electron chi connectivity index (χ4n) is 3.04. The number of amides is 1. The fraction of sp³-hybridized carbons (Fsp3) is 0.304. The van der Waals surface area contributed by atoms with E-state index in [1.54, 1.807) is 22.8 Å². The number of benzene rings is 2. The lowest BCUT2D eigenvalue weighted by Gasteiger charge is -2.17. The van der Waals surface area contributed by atoms with Gasteiger partial charge in [-0.2, -0.15) is 5.10 Å². The molecule has 3 aromatic rings. The minimum atomic E-state index is -0.0827. The van der Waals surface area contributed by atoms with Gasteiger partial charge in [-0.15, -0.1) is 0 Å². The number of carbonyl (C=O) groups excluding carboxylic acids is 1. The zero-order valence-corrected chi connectivity index (χ0v) is 18.0. The minimum Gasteiger partial charge on any atom is -0.489 e. The minimum absolute atomic E-state index is 0.0827. The molecule has 1 amide bonds. The molecule has 3 rings (SSSR count). The van der Waals surface area contributed by atoms with E-state index in [1.807, 2.05) is 57.2 Å². The van der Waals surface area contributed by atoms with Crippen molar-refractivity contribution in [1.82, 2.24) is 14.7 Å². The molecule has 0 atom stereocenters. The average Bonchev–Trinajstić information content (AvgIpc) is 3.07. The van der Waals surface area contributed by atoms with Gasteiger partial charge in [-0.25, -0.2) is 0 Å². The standard InChI is InChI=1S/C23H26ClN3O2/c1-5-27-13-20(24)21(25-27)14-26(4)23(28)19-8-6-7-18(12-19)15-29-22-11-16(2)9-10-17(22)3/h6-13H,5,14-15H2,1-4H3. The van der Waals surface area contributed by atoms with Crippen LogP contribution in [0.2, 0.25) is 5.02 Å². The molecule has 0 bridgehead atoms. The van der Waals surface area contributed by atoms with Crippen molar-refractivity contribution < 1.29 is 9.53 Å². The highest BCUT2D eigenvalue weighted by Crippen LogP contribution is 2.21. The van der Waals surface area contributed by atoms with E-state index >= 15 is 0 Å². The van der Waals surface area contributed by atoms with Crippen molar-refractivity contribution in [1.29, 1.82) is 0 Å². The summed E-state index contributed by atoms with van der Waals surface area (Å²) in [5.41, 5.74) is 4.49. The van der Waals surface area contributed by atoms with Crippen LogP contribution in [0.3, 0.4) is 0 Å². The number of aryl methyl sites for hydroxylation is 3. The van der Waals surface area contributed by atoms with E-state index in [1.165, 1.54) is 0 Å². The van der Waals surface area contributed by atoms with Crippen molar-refractivity contribution in [2.75, 3.05) is 7.05 Å². The second kappa shape index (κ2) is 9.14. The summed E-state index contributed by atoms with van der Waals surface area (Å²) in [5.74, 6) is 0.778. The van der Waals surface area contributed by atoms with E-state index in [9.17, 15) is 4.79 Å². The Balaban J connectivity index is 1.68. The first-order valence-electron chi connectivity index (χ1n) is 9.63. The first-order valence-corrected chi connectivity index (χ1v) is 10.0. The molecule has 0 N–H and O–H groups in total. The van der Waals surface area contributed by atoms with Crippen molar-refractivity contribution in [2.24, 2.45) is 0 Å². The Morgan fingerprint density at radius 1 is 1.21 bits per heavy atom. The van der Waals surface area contributed by atoms with Crippen LogP contribution < -0.4 is 4.74 Å². The summed E-state index contributed by atoms with van der Waals surface area (Å²) < 4.78 is 7.74. The summed E-state index contributed by atoms with van der Waals surface area (Å²) >= 11 is 6.23. The van der Waals surface area contributed by atoms with Crippen molar-refractivity contribution in [3.8, 4) is 5.75 Å². The third-order valence-corrected chi connectivity index (χ3v) is 5.07. The quantitative estimate of drug-likeness (QED) is 0.548. The molecule has 0 unspecified atom stereocenters. The van der Waals surface area contributed by atoms with Crippen LogP contribution in [-0.2, 0) is 19.7 Å². The zero-order chi connectivity index (χ0) is 21.0. The van der Waals surface area contributed by atoms with Crippen LogP contribution >= 0.6 is 11.6 Å². The number of nitrogens with zero attached hydrogens (tertiary/aromatic N) is 3. The molecule has 0 spiro atoms. The van der Waals surface area contributed by atoms with Crippen molar-refractivity contribution >= 4 is 17.5 Å². The molecule has 1 aromatic heterocycles. The molecule has 152 valence electrons.